The molecule has 0 heterocycles. The average Bonchev–Trinajstić information content (AvgIpc) is 2.44. The van der Waals surface area contributed by atoms with Crippen molar-refractivity contribution in [3.8, 4) is 11.5 Å². The van der Waals surface area contributed by atoms with E-state index in [0.717, 1.165) is 45.0 Å². The van der Waals surface area contributed by atoms with E-state index in [1.165, 1.54) is 0 Å². The molecule has 0 aliphatic carbocycles. The summed E-state index contributed by atoms with van der Waals surface area (Å²) in [5, 5.41) is 0.776. The fraction of sp³-hybridized carbons (Fsp3) is 0.250. The highest BCUT2D eigenvalue weighted by molar-refractivity contribution is 9.10. The lowest BCUT2D eigenvalue weighted by Crippen LogP contribution is -2.04. The molecular weight excluding hydrogens is 338 g/mol. The zero-order valence-electron chi connectivity index (χ0n) is 11.3. The lowest BCUT2D eigenvalue weighted by Gasteiger charge is -2.12. The highest BCUT2D eigenvalue weighted by Crippen LogP contribution is 2.30. The molecule has 0 amide bonds. The van der Waals surface area contributed by atoms with E-state index in [-0.39, 0.29) is 0 Å². The Morgan fingerprint density at radius 3 is 2.65 bits per heavy atom. The Hall–Kier alpha value is -1.03. The van der Waals surface area contributed by atoms with Crippen LogP contribution in [0.5, 0.6) is 11.5 Å². The quantitative estimate of drug-likeness (QED) is 0.823. The molecule has 2 N–H and O–H groups in total. The lowest BCUT2D eigenvalue weighted by atomic mass is 10.1. The van der Waals surface area contributed by atoms with E-state index in [1.807, 2.05) is 36.4 Å². The van der Waals surface area contributed by atoms with Crippen molar-refractivity contribution in [2.75, 3.05) is 6.54 Å². The summed E-state index contributed by atoms with van der Waals surface area (Å²) in [5.74, 6) is 1.63. The lowest BCUT2D eigenvalue weighted by molar-refractivity contribution is 0.475. The van der Waals surface area contributed by atoms with Gasteiger partial charge in [-0.15, -0.1) is 0 Å². The van der Waals surface area contributed by atoms with Crippen LogP contribution in [0.25, 0.3) is 0 Å². The zero-order valence-corrected chi connectivity index (χ0v) is 13.7. The Morgan fingerprint density at radius 2 is 1.95 bits per heavy atom. The first-order valence-corrected chi connectivity index (χ1v) is 7.76. The average molecular weight is 355 g/mol. The van der Waals surface area contributed by atoms with Crippen LogP contribution in [0.4, 0.5) is 0 Å². The maximum Gasteiger partial charge on any atom is 0.130 e. The smallest absolute Gasteiger partial charge is 0.130 e. The Balaban J connectivity index is 2.29. The molecule has 2 aromatic rings. The molecule has 20 heavy (non-hydrogen) atoms. The minimum absolute atomic E-state index is 0.591. The SMILES string of the molecule is CCc1cc(Oc2ccc(Br)cc2CCN)ccc1Cl. The van der Waals surface area contributed by atoms with E-state index in [4.69, 9.17) is 22.1 Å². The Kier molecular flexibility index (Phi) is 5.46. The van der Waals surface area contributed by atoms with Gasteiger partial charge in [0.1, 0.15) is 11.5 Å². The molecule has 0 radical (unpaired) electrons. The molecule has 0 aromatic heterocycles. The predicted octanol–water partition coefficient (Wildman–Crippen LogP) is 4.96. The molecule has 106 valence electrons. The molecular formula is C16H17BrClNO. The van der Waals surface area contributed by atoms with E-state index in [1.54, 1.807) is 0 Å². The van der Waals surface area contributed by atoms with Crippen molar-refractivity contribution in [2.45, 2.75) is 19.8 Å². The van der Waals surface area contributed by atoms with Crippen LogP contribution in [0.15, 0.2) is 40.9 Å². The largest absolute Gasteiger partial charge is 0.457 e. The van der Waals surface area contributed by atoms with Crippen molar-refractivity contribution in [2.24, 2.45) is 5.73 Å². The first-order valence-electron chi connectivity index (χ1n) is 6.58. The summed E-state index contributed by atoms with van der Waals surface area (Å²) in [5.41, 5.74) is 7.83. The van der Waals surface area contributed by atoms with Crippen molar-refractivity contribution in [3.63, 3.8) is 0 Å². The van der Waals surface area contributed by atoms with Gasteiger partial charge in [-0.25, -0.2) is 0 Å². The van der Waals surface area contributed by atoms with Gasteiger partial charge in [0.25, 0.3) is 0 Å². The van der Waals surface area contributed by atoms with Crippen LogP contribution in [0.3, 0.4) is 0 Å². The van der Waals surface area contributed by atoms with E-state index in [9.17, 15) is 0 Å². The minimum atomic E-state index is 0.591. The van der Waals surface area contributed by atoms with Gasteiger partial charge in [-0.3, -0.25) is 0 Å². The molecule has 2 rings (SSSR count). The molecule has 2 aromatic carbocycles. The van der Waals surface area contributed by atoms with Crippen LogP contribution < -0.4 is 10.5 Å². The standard InChI is InChI=1S/C16H17BrClNO/c1-2-11-10-14(4-5-15(11)18)20-16-6-3-13(17)9-12(16)7-8-19/h3-6,9-10H,2,7-8,19H2,1H3. The number of nitrogens with two attached hydrogens (primary N) is 1. The van der Waals surface area contributed by atoms with Crippen molar-refractivity contribution in [1.82, 2.24) is 0 Å². The number of hydrogen-bond donors (Lipinski definition) is 1. The molecule has 0 spiro atoms. The third-order valence-corrected chi connectivity index (χ3v) is 3.92. The number of hydrogen-bond acceptors (Lipinski definition) is 2. The van der Waals surface area contributed by atoms with Gasteiger partial charge in [-0.2, -0.15) is 0 Å². The van der Waals surface area contributed by atoms with Crippen molar-refractivity contribution < 1.29 is 4.74 Å². The van der Waals surface area contributed by atoms with Crippen molar-refractivity contribution in [3.05, 3.63) is 57.0 Å². The van der Waals surface area contributed by atoms with E-state index in [2.05, 4.69) is 22.9 Å². The first-order chi connectivity index (χ1) is 9.63. The molecule has 4 heteroatoms. The van der Waals surface area contributed by atoms with Gasteiger partial charge in [0.15, 0.2) is 0 Å². The molecule has 0 saturated heterocycles. The maximum atomic E-state index is 6.12. The summed E-state index contributed by atoms with van der Waals surface area (Å²) in [6.45, 7) is 2.66. The summed E-state index contributed by atoms with van der Waals surface area (Å²) in [7, 11) is 0. The Morgan fingerprint density at radius 1 is 1.15 bits per heavy atom. The van der Waals surface area contributed by atoms with Crippen LogP contribution in [-0.4, -0.2) is 6.54 Å². The molecule has 2 nitrogen and oxygen atoms in total. The van der Waals surface area contributed by atoms with Crippen LogP contribution >= 0.6 is 27.5 Å². The normalized spacial score (nSPS) is 10.6. The van der Waals surface area contributed by atoms with Gasteiger partial charge in [0.05, 0.1) is 0 Å². The predicted molar refractivity (Wildman–Crippen MR) is 87.8 cm³/mol. The van der Waals surface area contributed by atoms with Crippen LogP contribution in [0.1, 0.15) is 18.1 Å². The van der Waals surface area contributed by atoms with Crippen molar-refractivity contribution in [1.29, 1.82) is 0 Å². The summed E-state index contributed by atoms with van der Waals surface area (Å²) in [6.07, 6.45) is 1.66. The summed E-state index contributed by atoms with van der Waals surface area (Å²) in [6, 6.07) is 11.7. The van der Waals surface area contributed by atoms with Crippen molar-refractivity contribution >= 4 is 27.5 Å². The van der Waals surface area contributed by atoms with E-state index < -0.39 is 0 Å². The summed E-state index contributed by atoms with van der Waals surface area (Å²) >= 11 is 9.59. The second-order valence-electron chi connectivity index (χ2n) is 4.50. The number of aryl methyl sites for hydroxylation is 1. The highest BCUT2D eigenvalue weighted by Gasteiger charge is 2.07. The third-order valence-electron chi connectivity index (χ3n) is 3.06. The van der Waals surface area contributed by atoms with Crippen LogP contribution in [0.2, 0.25) is 5.02 Å². The summed E-state index contributed by atoms with van der Waals surface area (Å²) < 4.78 is 7.01. The Labute approximate surface area is 133 Å². The Bertz CT molecular complexity index is 601. The first kappa shape index (κ1) is 15.4. The van der Waals surface area contributed by atoms with Gasteiger partial charge in [-0.05, 0) is 66.9 Å². The molecule has 0 bridgehead atoms. The molecule has 0 unspecified atom stereocenters. The summed E-state index contributed by atoms with van der Waals surface area (Å²) in [4.78, 5) is 0. The van der Waals surface area contributed by atoms with Crippen LogP contribution in [0, 0.1) is 0 Å². The van der Waals surface area contributed by atoms with Gasteiger partial charge < -0.3 is 10.5 Å². The fourth-order valence-corrected chi connectivity index (χ4v) is 2.67. The van der Waals surface area contributed by atoms with Gasteiger partial charge in [0, 0.05) is 9.50 Å². The zero-order chi connectivity index (χ0) is 14.5. The van der Waals surface area contributed by atoms with Gasteiger partial charge in [-0.1, -0.05) is 34.5 Å². The number of ether oxygens (including phenoxy) is 1. The second kappa shape index (κ2) is 7.11. The molecule has 0 fully saturated rings. The minimum Gasteiger partial charge on any atom is -0.457 e. The monoisotopic (exact) mass is 353 g/mol. The van der Waals surface area contributed by atoms with E-state index >= 15 is 0 Å². The number of halogens is 2. The molecule has 0 atom stereocenters. The molecule has 0 aliphatic rings. The fourth-order valence-electron chi connectivity index (χ4n) is 2.01. The van der Waals surface area contributed by atoms with Crippen LogP contribution in [-0.2, 0) is 12.8 Å². The molecule has 0 saturated carbocycles. The maximum absolute atomic E-state index is 6.12. The van der Waals surface area contributed by atoms with Gasteiger partial charge >= 0.3 is 0 Å². The second-order valence-corrected chi connectivity index (χ2v) is 5.82. The third kappa shape index (κ3) is 3.75. The number of rotatable bonds is 5. The number of benzene rings is 2. The highest BCUT2D eigenvalue weighted by atomic mass is 79.9. The topological polar surface area (TPSA) is 35.2 Å². The molecule has 0 aliphatic heterocycles. The van der Waals surface area contributed by atoms with Gasteiger partial charge in [0.2, 0.25) is 0 Å². The van der Waals surface area contributed by atoms with E-state index in [0.29, 0.717) is 6.54 Å².